The average Bonchev–Trinajstić information content (AvgIpc) is 2.73. The molecule has 0 aliphatic rings. The van der Waals surface area contributed by atoms with Crippen LogP contribution in [0.5, 0.6) is 0 Å². The average molecular weight is 225 g/mol. The Hall–Kier alpha value is -1.78. The molecule has 0 spiro atoms. The molecule has 1 heterocycles. The second-order valence-electron chi connectivity index (χ2n) is 3.33. The maximum Gasteiger partial charge on any atom is 0.323 e. The molecule has 5 heteroatoms. The molecule has 0 aromatic carbocycles. The molecule has 16 heavy (non-hydrogen) atoms. The number of amides is 1. The van der Waals surface area contributed by atoms with Crippen molar-refractivity contribution in [1.29, 1.82) is 0 Å². The van der Waals surface area contributed by atoms with E-state index in [2.05, 4.69) is 0 Å². The Labute approximate surface area is 93.7 Å². The molecule has 0 unspecified atom stereocenters. The van der Waals surface area contributed by atoms with Gasteiger partial charge in [0.15, 0.2) is 5.76 Å². The molecule has 0 radical (unpaired) electrons. The third kappa shape index (κ3) is 2.85. The first-order chi connectivity index (χ1) is 7.58. The number of carboxylic acids is 1. The Balaban J connectivity index is 2.78. The van der Waals surface area contributed by atoms with E-state index in [4.69, 9.17) is 9.52 Å². The lowest BCUT2D eigenvalue weighted by Crippen LogP contribution is -2.35. The Morgan fingerprint density at radius 1 is 1.38 bits per heavy atom. The number of aryl methyl sites for hydroxylation is 1. The minimum Gasteiger partial charge on any atom is -0.480 e. The van der Waals surface area contributed by atoms with Crippen LogP contribution in [0, 0.1) is 0 Å². The fraction of sp³-hybridized carbons (Fsp3) is 0.455. The topological polar surface area (TPSA) is 70.8 Å². The van der Waals surface area contributed by atoms with Gasteiger partial charge in [0.2, 0.25) is 0 Å². The van der Waals surface area contributed by atoms with Crippen molar-refractivity contribution in [2.75, 3.05) is 13.1 Å². The molecule has 0 aliphatic heterocycles. The second-order valence-corrected chi connectivity index (χ2v) is 3.33. The van der Waals surface area contributed by atoms with Gasteiger partial charge in [-0.2, -0.15) is 0 Å². The van der Waals surface area contributed by atoms with E-state index in [-0.39, 0.29) is 18.2 Å². The fourth-order valence-electron chi connectivity index (χ4n) is 1.33. The highest BCUT2D eigenvalue weighted by molar-refractivity contribution is 5.93. The van der Waals surface area contributed by atoms with Gasteiger partial charge in [0, 0.05) is 13.0 Å². The molecule has 1 amide bonds. The van der Waals surface area contributed by atoms with E-state index < -0.39 is 5.97 Å². The summed E-state index contributed by atoms with van der Waals surface area (Å²) in [7, 11) is 0. The molecule has 0 saturated carbocycles. The molecule has 0 atom stereocenters. The van der Waals surface area contributed by atoms with Gasteiger partial charge in [-0.3, -0.25) is 9.59 Å². The van der Waals surface area contributed by atoms with Crippen LogP contribution in [0.25, 0.3) is 0 Å². The van der Waals surface area contributed by atoms with E-state index in [0.29, 0.717) is 13.0 Å². The van der Waals surface area contributed by atoms with Gasteiger partial charge in [-0.1, -0.05) is 6.92 Å². The second kappa shape index (κ2) is 5.34. The Morgan fingerprint density at radius 3 is 2.50 bits per heavy atom. The van der Waals surface area contributed by atoms with Gasteiger partial charge >= 0.3 is 5.97 Å². The maximum absolute atomic E-state index is 11.8. The Morgan fingerprint density at radius 2 is 2.06 bits per heavy atom. The van der Waals surface area contributed by atoms with Crippen molar-refractivity contribution < 1.29 is 19.1 Å². The van der Waals surface area contributed by atoms with Gasteiger partial charge in [-0.25, -0.2) is 0 Å². The zero-order chi connectivity index (χ0) is 12.1. The zero-order valence-electron chi connectivity index (χ0n) is 9.40. The number of carboxylic acid groups (broad SMARTS) is 1. The maximum atomic E-state index is 11.8. The van der Waals surface area contributed by atoms with Crippen LogP contribution in [-0.2, 0) is 11.2 Å². The number of furan rings is 1. The molecule has 1 aromatic rings. The first kappa shape index (κ1) is 12.3. The van der Waals surface area contributed by atoms with Gasteiger partial charge in [0.05, 0.1) is 0 Å². The quantitative estimate of drug-likeness (QED) is 0.822. The van der Waals surface area contributed by atoms with E-state index >= 15 is 0 Å². The van der Waals surface area contributed by atoms with Crippen molar-refractivity contribution in [3.05, 3.63) is 23.7 Å². The van der Waals surface area contributed by atoms with E-state index in [1.807, 2.05) is 6.92 Å². The molecule has 1 N–H and O–H groups in total. The summed E-state index contributed by atoms with van der Waals surface area (Å²) >= 11 is 0. The first-order valence-electron chi connectivity index (χ1n) is 5.18. The Bertz CT molecular complexity index is 383. The van der Waals surface area contributed by atoms with Gasteiger partial charge in [-0.15, -0.1) is 0 Å². The van der Waals surface area contributed by atoms with Crippen LogP contribution in [0.15, 0.2) is 16.5 Å². The summed E-state index contributed by atoms with van der Waals surface area (Å²) in [4.78, 5) is 23.6. The molecule has 5 nitrogen and oxygen atoms in total. The number of aliphatic carboxylic acids is 1. The van der Waals surface area contributed by atoms with E-state index in [0.717, 1.165) is 5.76 Å². The highest BCUT2D eigenvalue weighted by Crippen LogP contribution is 2.11. The lowest BCUT2D eigenvalue weighted by Gasteiger charge is -2.16. The summed E-state index contributed by atoms with van der Waals surface area (Å²) < 4.78 is 5.27. The van der Waals surface area contributed by atoms with Crippen LogP contribution < -0.4 is 0 Å². The molecule has 0 fully saturated rings. The SMILES string of the molecule is CCc1ccc(C(=O)N(CC)CC(=O)O)o1. The minimum absolute atomic E-state index is 0.194. The largest absolute Gasteiger partial charge is 0.480 e. The molecular formula is C11H15NO4. The van der Waals surface area contributed by atoms with Gasteiger partial charge in [0.25, 0.3) is 5.91 Å². The third-order valence-electron chi connectivity index (χ3n) is 2.22. The van der Waals surface area contributed by atoms with Gasteiger partial charge < -0.3 is 14.4 Å². The van der Waals surface area contributed by atoms with Crippen molar-refractivity contribution in [1.82, 2.24) is 4.90 Å². The highest BCUT2D eigenvalue weighted by Gasteiger charge is 2.19. The Kier molecular flexibility index (Phi) is 4.10. The van der Waals surface area contributed by atoms with Gasteiger partial charge in [-0.05, 0) is 19.1 Å². The van der Waals surface area contributed by atoms with E-state index in [9.17, 15) is 9.59 Å². The third-order valence-corrected chi connectivity index (χ3v) is 2.22. The molecule has 88 valence electrons. The zero-order valence-corrected chi connectivity index (χ0v) is 9.40. The van der Waals surface area contributed by atoms with Crippen molar-refractivity contribution >= 4 is 11.9 Å². The lowest BCUT2D eigenvalue weighted by atomic mass is 10.3. The molecule has 0 aliphatic carbocycles. The fourth-order valence-corrected chi connectivity index (χ4v) is 1.33. The predicted molar refractivity (Wildman–Crippen MR) is 57.3 cm³/mol. The number of hydrogen-bond acceptors (Lipinski definition) is 3. The van der Waals surface area contributed by atoms with Crippen LogP contribution in [0.3, 0.4) is 0 Å². The van der Waals surface area contributed by atoms with Crippen molar-refractivity contribution in [3.63, 3.8) is 0 Å². The summed E-state index contributed by atoms with van der Waals surface area (Å²) in [5, 5.41) is 8.64. The van der Waals surface area contributed by atoms with Crippen LogP contribution in [0.1, 0.15) is 30.2 Å². The van der Waals surface area contributed by atoms with E-state index in [1.165, 1.54) is 4.90 Å². The van der Waals surface area contributed by atoms with E-state index in [1.54, 1.807) is 19.1 Å². The summed E-state index contributed by atoms with van der Waals surface area (Å²) in [6.07, 6.45) is 0.707. The number of nitrogens with zero attached hydrogens (tertiary/aromatic N) is 1. The van der Waals surface area contributed by atoms with Crippen LogP contribution >= 0.6 is 0 Å². The van der Waals surface area contributed by atoms with Crippen molar-refractivity contribution in [2.45, 2.75) is 20.3 Å². The first-order valence-corrected chi connectivity index (χ1v) is 5.18. The van der Waals surface area contributed by atoms with Crippen LogP contribution in [0.4, 0.5) is 0 Å². The summed E-state index contributed by atoms with van der Waals surface area (Å²) in [5.41, 5.74) is 0. The van der Waals surface area contributed by atoms with Gasteiger partial charge in [0.1, 0.15) is 12.3 Å². The number of rotatable bonds is 5. The molecule has 1 aromatic heterocycles. The standard InChI is InChI=1S/C11H15NO4/c1-3-8-5-6-9(16-8)11(15)12(4-2)7-10(13)14/h5-6H,3-4,7H2,1-2H3,(H,13,14). The minimum atomic E-state index is -1.03. The molecule has 0 bridgehead atoms. The van der Waals surface area contributed by atoms with Crippen LogP contribution in [-0.4, -0.2) is 35.0 Å². The molecular weight excluding hydrogens is 210 g/mol. The van der Waals surface area contributed by atoms with Crippen molar-refractivity contribution in [3.8, 4) is 0 Å². The summed E-state index contributed by atoms with van der Waals surface area (Å²) in [6.45, 7) is 3.68. The number of carbonyl (C=O) groups excluding carboxylic acids is 1. The normalized spacial score (nSPS) is 10.1. The number of hydrogen-bond donors (Lipinski definition) is 1. The monoisotopic (exact) mass is 225 g/mol. The molecule has 0 saturated heterocycles. The highest BCUT2D eigenvalue weighted by atomic mass is 16.4. The summed E-state index contributed by atoms with van der Waals surface area (Å²) in [5.74, 6) is -0.503. The number of likely N-dealkylation sites (N-methyl/N-ethyl adjacent to an activating group) is 1. The number of carbonyl (C=O) groups is 2. The lowest BCUT2D eigenvalue weighted by molar-refractivity contribution is -0.137. The van der Waals surface area contributed by atoms with Crippen molar-refractivity contribution in [2.24, 2.45) is 0 Å². The molecule has 1 rings (SSSR count). The smallest absolute Gasteiger partial charge is 0.323 e. The predicted octanol–water partition coefficient (Wildman–Crippen LogP) is 1.39. The van der Waals surface area contributed by atoms with Crippen LogP contribution in [0.2, 0.25) is 0 Å². The summed E-state index contributed by atoms with van der Waals surface area (Å²) in [6, 6.07) is 3.30.